The Labute approximate surface area is 282 Å². The van der Waals surface area contributed by atoms with E-state index < -0.39 is 5.97 Å². The van der Waals surface area contributed by atoms with E-state index in [0.717, 1.165) is 69.3 Å². The monoisotopic (exact) mass is 691 g/mol. The molecule has 0 spiro atoms. The minimum atomic E-state index is -1.06. The van der Waals surface area contributed by atoms with Crippen LogP contribution < -0.4 is 9.80 Å². The number of carboxylic acids is 1. The molecule has 3 saturated heterocycles. The van der Waals surface area contributed by atoms with Gasteiger partial charge in [-0.3, -0.25) is 9.69 Å². The first-order chi connectivity index (χ1) is 22.2. The summed E-state index contributed by atoms with van der Waals surface area (Å²) in [5, 5.41) is 11.2. The van der Waals surface area contributed by atoms with Crippen molar-refractivity contribution in [1.82, 2.24) is 24.8 Å². The first-order valence-electron chi connectivity index (χ1n) is 15.8. The number of aromatic nitrogens is 4. The van der Waals surface area contributed by atoms with E-state index >= 15 is 0 Å². The van der Waals surface area contributed by atoms with Gasteiger partial charge in [-0.1, -0.05) is 34.5 Å². The number of hydrogen-bond acceptors (Lipinski definition) is 11. The van der Waals surface area contributed by atoms with Crippen LogP contribution in [0.1, 0.15) is 58.5 Å². The van der Waals surface area contributed by atoms with Crippen LogP contribution in [0.15, 0.2) is 12.4 Å². The van der Waals surface area contributed by atoms with Gasteiger partial charge < -0.3 is 29.4 Å². The number of Topliss-reactive ketones (excluding diaryl/α,β-unsaturated/α-hetero) is 1. The molecule has 3 aromatic heterocycles. The Kier molecular flexibility index (Phi) is 10.5. The van der Waals surface area contributed by atoms with Crippen LogP contribution in [0.4, 0.5) is 10.9 Å². The largest absolute Gasteiger partial charge is 0.477 e. The molecule has 3 aliphatic heterocycles. The van der Waals surface area contributed by atoms with Gasteiger partial charge in [0.05, 0.1) is 34.6 Å². The number of piperidine rings is 1. The number of rotatable bonds is 11. The predicted molar refractivity (Wildman–Crippen MR) is 178 cm³/mol. The van der Waals surface area contributed by atoms with Crippen molar-refractivity contribution in [2.45, 2.75) is 51.7 Å². The van der Waals surface area contributed by atoms with Gasteiger partial charge in [0.2, 0.25) is 0 Å². The highest BCUT2D eigenvalue weighted by Crippen LogP contribution is 2.37. The zero-order valence-electron chi connectivity index (χ0n) is 26.0. The van der Waals surface area contributed by atoms with Gasteiger partial charge in [0.25, 0.3) is 0 Å². The number of carboxylic acid groups (broad SMARTS) is 1. The summed E-state index contributed by atoms with van der Waals surface area (Å²) in [6.07, 6.45) is 6.60. The van der Waals surface area contributed by atoms with Gasteiger partial charge in [-0.2, -0.15) is 0 Å². The van der Waals surface area contributed by atoms with Crippen LogP contribution in [0.5, 0.6) is 0 Å². The number of thiazole rings is 1. The second-order valence-electron chi connectivity index (χ2n) is 12.0. The highest BCUT2D eigenvalue weighted by atomic mass is 35.5. The lowest BCUT2D eigenvalue weighted by atomic mass is 9.88. The van der Waals surface area contributed by atoms with Crippen molar-refractivity contribution in [3.63, 3.8) is 0 Å². The number of aromatic amines is 1. The number of halogens is 2. The van der Waals surface area contributed by atoms with Crippen LogP contribution in [-0.4, -0.2) is 113 Å². The van der Waals surface area contributed by atoms with E-state index in [1.165, 1.54) is 0 Å². The molecule has 0 radical (unpaired) electrons. The van der Waals surface area contributed by atoms with Gasteiger partial charge in [0, 0.05) is 71.1 Å². The number of aromatic carboxylic acids is 1. The third kappa shape index (κ3) is 7.19. The molecule has 12 nitrogen and oxygen atoms in total. The fourth-order valence-electron chi connectivity index (χ4n) is 6.48. The van der Waals surface area contributed by atoms with Crippen molar-refractivity contribution in [2.75, 3.05) is 68.8 Å². The number of nitrogens with zero attached hydrogens (tertiary/aromatic N) is 6. The summed E-state index contributed by atoms with van der Waals surface area (Å²) < 4.78 is 11.9. The number of anilines is 2. The van der Waals surface area contributed by atoms with Gasteiger partial charge in [0.1, 0.15) is 27.8 Å². The standard InChI is InChI=1S/C31H39Cl2N7O5S/c1-3-44-23-17-40(7-6-19(23)13-22(41)28-26(33)25(32)18(2)36-28)31-37-27(29(46-31)30(42)43)21-14-35-24(15-34-21)39-10-8-38(9-11-39)16-20-5-4-12-45-20/h14-15,19-20,23,36H,3-13,16-17H2,1-2H3,(H,42,43)/t19-,20?,23-/m0/s1. The van der Waals surface area contributed by atoms with Gasteiger partial charge in [-0.25, -0.2) is 19.7 Å². The van der Waals surface area contributed by atoms with Crippen molar-refractivity contribution in [3.05, 3.63) is 38.7 Å². The summed E-state index contributed by atoms with van der Waals surface area (Å²) in [4.78, 5) is 49.2. The number of H-pyrrole nitrogens is 1. The van der Waals surface area contributed by atoms with Crippen molar-refractivity contribution in [1.29, 1.82) is 0 Å². The number of carbonyl (C=O) groups excluding carboxylic acids is 1. The number of piperazine rings is 1. The number of carbonyl (C=O) groups is 2. The highest BCUT2D eigenvalue weighted by molar-refractivity contribution is 7.17. The van der Waals surface area contributed by atoms with Crippen LogP contribution in [0.3, 0.4) is 0 Å². The summed E-state index contributed by atoms with van der Waals surface area (Å²) in [6, 6.07) is 0. The molecule has 3 aliphatic rings. The molecule has 0 aromatic carbocycles. The lowest BCUT2D eigenvalue weighted by Crippen LogP contribution is -2.48. The summed E-state index contributed by atoms with van der Waals surface area (Å²) >= 11 is 13.6. The maximum Gasteiger partial charge on any atom is 0.348 e. The average molecular weight is 693 g/mol. The summed E-state index contributed by atoms with van der Waals surface area (Å²) in [5.74, 6) is -0.458. The molecule has 0 amide bonds. The Hall–Kier alpha value is -2.81. The Morgan fingerprint density at radius 1 is 1.11 bits per heavy atom. The molecule has 3 fully saturated rings. The summed E-state index contributed by atoms with van der Waals surface area (Å²) in [5.41, 5.74) is 1.69. The smallest absolute Gasteiger partial charge is 0.348 e. The van der Waals surface area contributed by atoms with E-state index in [1.54, 1.807) is 19.3 Å². The zero-order chi connectivity index (χ0) is 32.4. The number of ketones is 1. The second kappa shape index (κ2) is 14.5. The van der Waals surface area contributed by atoms with Crippen molar-refractivity contribution >= 4 is 57.2 Å². The van der Waals surface area contributed by atoms with Gasteiger partial charge in [-0.05, 0) is 39.0 Å². The number of aryl methyl sites for hydroxylation is 1. The van der Waals surface area contributed by atoms with Gasteiger partial charge >= 0.3 is 5.97 Å². The Morgan fingerprint density at radius 2 is 1.91 bits per heavy atom. The zero-order valence-corrected chi connectivity index (χ0v) is 28.3. The van der Waals surface area contributed by atoms with Crippen LogP contribution in [0.25, 0.3) is 11.4 Å². The molecular weight excluding hydrogens is 653 g/mol. The van der Waals surface area contributed by atoms with Crippen LogP contribution in [0, 0.1) is 12.8 Å². The lowest BCUT2D eigenvalue weighted by molar-refractivity contribution is 0.0103. The average Bonchev–Trinajstić information content (AvgIpc) is 3.80. The van der Waals surface area contributed by atoms with Crippen LogP contribution in [0.2, 0.25) is 10.0 Å². The fourth-order valence-corrected chi connectivity index (χ4v) is 7.87. The summed E-state index contributed by atoms with van der Waals surface area (Å²) in [6.45, 7) is 10.6. The quantitative estimate of drug-likeness (QED) is 0.262. The van der Waals surface area contributed by atoms with Crippen molar-refractivity contribution in [2.24, 2.45) is 5.92 Å². The van der Waals surface area contributed by atoms with Gasteiger partial charge in [0.15, 0.2) is 10.9 Å². The molecule has 46 heavy (non-hydrogen) atoms. The predicted octanol–water partition coefficient (Wildman–Crippen LogP) is 5.05. The number of ether oxygens (including phenoxy) is 2. The van der Waals surface area contributed by atoms with E-state index in [-0.39, 0.29) is 34.1 Å². The molecule has 15 heteroatoms. The van der Waals surface area contributed by atoms with E-state index in [4.69, 9.17) is 37.7 Å². The molecule has 2 N–H and O–H groups in total. The topological polar surface area (TPSA) is 137 Å². The van der Waals surface area contributed by atoms with Crippen LogP contribution in [-0.2, 0) is 9.47 Å². The van der Waals surface area contributed by atoms with E-state index in [0.29, 0.717) is 65.2 Å². The minimum absolute atomic E-state index is 0.0446. The normalized spacial score (nSPS) is 22.5. The molecular formula is C31H39Cl2N7O5S. The molecule has 0 aliphatic carbocycles. The number of hydrogen-bond donors (Lipinski definition) is 2. The Bertz CT molecular complexity index is 1540. The fraction of sp³-hybridized carbons (Fsp3) is 0.581. The van der Waals surface area contributed by atoms with Crippen molar-refractivity contribution in [3.8, 4) is 11.4 Å². The molecule has 6 rings (SSSR count). The molecule has 3 atom stereocenters. The molecule has 0 saturated carbocycles. The third-order valence-corrected chi connectivity index (χ3v) is 11.1. The SMILES string of the molecule is CCO[C@H]1CN(c2nc(-c3cnc(N4CCN(CC5CCCO5)CC4)cn3)c(C(=O)O)s2)CC[C@H]1CC(=O)c1[nH]c(C)c(Cl)c1Cl. The van der Waals surface area contributed by atoms with Crippen molar-refractivity contribution < 1.29 is 24.2 Å². The highest BCUT2D eigenvalue weighted by Gasteiger charge is 2.35. The van der Waals surface area contributed by atoms with Crippen LogP contribution >= 0.6 is 34.5 Å². The first kappa shape index (κ1) is 33.1. The Morgan fingerprint density at radius 3 is 2.54 bits per heavy atom. The number of nitrogens with one attached hydrogen (secondary N) is 1. The third-order valence-electron chi connectivity index (χ3n) is 9.00. The maximum absolute atomic E-state index is 13.1. The molecule has 248 valence electrons. The summed E-state index contributed by atoms with van der Waals surface area (Å²) in [7, 11) is 0. The molecule has 1 unspecified atom stereocenters. The lowest BCUT2D eigenvalue weighted by Gasteiger charge is -2.38. The molecule has 6 heterocycles. The second-order valence-corrected chi connectivity index (χ2v) is 13.8. The van der Waals surface area contributed by atoms with Gasteiger partial charge in [-0.15, -0.1) is 0 Å². The Balaban J connectivity index is 1.11. The first-order valence-corrected chi connectivity index (χ1v) is 17.4. The minimum Gasteiger partial charge on any atom is -0.477 e. The molecule has 3 aromatic rings. The molecule has 0 bridgehead atoms. The van der Waals surface area contributed by atoms with E-state index in [1.807, 2.05) is 11.8 Å². The van der Waals surface area contributed by atoms with E-state index in [2.05, 4.69) is 24.8 Å². The van der Waals surface area contributed by atoms with E-state index in [9.17, 15) is 14.7 Å². The maximum atomic E-state index is 13.1.